The van der Waals surface area contributed by atoms with E-state index in [0.717, 1.165) is 12.7 Å². The van der Waals surface area contributed by atoms with Crippen LogP contribution in [0.15, 0.2) is 30.3 Å². The first-order valence-electron chi connectivity index (χ1n) is 5.32. The highest BCUT2D eigenvalue weighted by molar-refractivity contribution is 5.63. The van der Waals surface area contributed by atoms with Crippen molar-refractivity contribution in [2.75, 3.05) is 6.61 Å². The summed E-state index contributed by atoms with van der Waals surface area (Å²) in [5, 5.41) is 0. The van der Waals surface area contributed by atoms with Gasteiger partial charge in [0, 0.05) is 5.41 Å². The lowest BCUT2D eigenvalue weighted by Crippen LogP contribution is -2.05. The predicted octanol–water partition coefficient (Wildman–Crippen LogP) is 2.43. The van der Waals surface area contributed by atoms with Crippen molar-refractivity contribution >= 4 is 6.29 Å². The molecule has 1 saturated carbocycles. The van der Waals surface area contributed by atoms with Crippen LogP contribution in [0, 0.1) is 11.3 Å². The molecule has 0 spiro atoms. The molecule has 0 amide bonds. The number of carbonyl (C=O) groups excluding carboxylic acids is 1. The summed E-state index contributed by atoms with van der Waals surface area (Å²) < 4.78 is 5.58. The minimum Gasteiger partial charge on any atom is -0.376 e. The first-order chi connectivity index (χ1) is 7.24. The number of ether oxygens (including phenoxy) is 1. The summed E-state index contributed by atoms with van der Waals surface area (Å²) >= 11 is 0. The number of rotatable bonds is 5. The highest BCUT2D eigenvalue weighted by Gasteiger charge is 2.49. The lowest BCUT2D eigenvalue weighted by molar-refractivity contribution is -0.112. The quantitative estimate of drug-likeness (QED) is 0.688. The van der Waals surface area contributed by atoms with Gasteiger partial charge in [-0.3, -0.25) is 0 Å². The maximum Gasteiger partial charge on any atom is 0.126 e. The van der Waals surface area contributed by atoms with Gasteiger partial charge in [0.15, 0.2) is 0 Å². The van der Waals surface area contributed by atoms with Gasteiger partial charge in [-0.25, -0.2) is 0 Å². The summed E-state index contributed by atoms with van der Waals surface area (Å²) in [6.45, 7) is 3.34. The normalized spacial score (nSPS) is 28.7. The highest BCUT2D eigenvalue weighted by atomic mass is 16.5. The Labute approximate surface area is 90.3 Å². The molecule has 1 aliphatic carbocycles. The molecule has 0 bridgehead atoms. The zero-order valence-corrected chi connectivity index (χ0v) is 8.98. The van der Waals surface area contributed by atoms with Gasteiger partial charge in [-0.05, 0) is 17.9 Å². The molecule has 0 saturated heterocycles. The van der Waals surface area contributed by atoms with E-state index in [4.69, 9.17) is 4.74 Å². The van der Waals surface area contributed by atoms with Gasteiger partial charge in [0.25, 0.3) is 0 Å². The van der Waals surface area contributed by atoms with Crippen molar-refractivity contribution in [3.05, 3.63) is 35.9 Å². The summed E-state index contributed by atoms with van der Waals surface area (Å²) in [4.78, 5) is 10.7. The number of benzene rings is 1. The van der Waals surface area contributed by atoms with Crippen LogP contribution in [0.1, 0.15) is 18.9 Å². The molecule has 0 radical (unpaired) electrons. The summed E-state index contributed by atoms with van der Waals surface area (Å²) in [5.41, 5.74) is 1.09. The summed E-state index contributed by atoms with van der Waals surface area (Å²) in [6.07, 6.45) is 2.04. The van der Waals surface area contributed by atoms with Gasteiger partial charge in [0.05, 0.1) is 13.2 Å². The molecule has 2 heteroatoms. The number of aldehydes is 1. The monoisotopic (exact) mass is 204 g/mol. The molecule has 1 aliphatic rings. The Morgan fingerprint density at radius 3 is 2.80 bits per heavy atom. The average molecular weight is 204 g/mol. The third kappa shape index (κ3) is 2.45. The molecule has 1 aromatic carbocycles. The minimum absolute atomic E-state index is 0.101. The van der Waals surface area contributed by atoms with Crippen LogP contribution in [-0.2, 0) is 16.1 Å². The maximum absolute atomic E-state index is 10.7. The Hall–Kier alpha value is -1.15. The second-order valence-corrected chi connectivity index (χ2v) is 4.53. The zero-order chi connectivity index (χ0) is 10.7. The van der Waals surface area contributed by atoms with E-state index in [2.05, 4.69) is 0 Å². The van der Waals surface area contributed by atoms with Crippen LogP contribution < -0.4 is 0 Å². The Morgan fingerprint density at radius 1 is 1.47 bits per heavy atom. The van der Waals surface area contributed by atoms with Gasteiger partial charge in [0.2, 0.25) is 0 Å². The first kappa shape index (κ1) is 10.4. The van der Waals surface area contributed by atoms with Crippen molar-refractivity contribution in [3.63, 3.8) is 0 Å². The minimum atomic E-state index is -0.101. The van der Waals surface area contributed by atoms with Crippen LogP contribution in [0.25, 0.3) is 0 Å². The fourth-order valence-electron chi connectivity index (χ4n) is 1.76. The van der Waals surface area contributed by atoms with E-state index in [9.17, 15) is 4.79 Å². The SMILES string of the molecule is C[C@]1(C=O)C[C@@H]1COCc1ccccc1. The summed E-state index contributed by atoms with van der Waals surface area (Å²) in [7, 11) is 0. The van der Waals surface area contributed by atoms with E-state index in [-0.39, 0.29) is 5.41 Å². The zero-order valence-electron chi connectivity index (χ0n) is 8.98. The van der Waals surface area contributed by atoms with E-state index in [0.29, 0.717) is 19.1 Å². The fraction of sp³-hybridized carbons (Fsp3) is 0.462. The predicted molar refractivity (Wildman–Crippen MR) is 58.4 cm³/mol. The standard InChI is InChI=1S/C13H16O2/c1-13(10-14)7-12(13)9-15-8-11-5-3-2-4-6-11/h2-6,10,12H,7-9H2,1H3/t12-,13-/m1/s1. The molecule has 0 heterocycles. The molecular formula is C13H16O2. The van der Waals surface area contributed by atoms with Gasteiger partial charge >= 0.3 is 0 Å². The maximum atomic E-state index is 10.7. The topological polar surface area (TPSA) is 26.3 Å². The average Bonchev–Trinajstić information content (AvgIpc) is 2.92. The van der Waals surface area contributed by atoms with Crippen molar-refractivity contribution in [2.45, 2.75) is 20.0 Å². The molecule has 0 N–H and O–H groups in total. The van der Waals surface area contributed by atoms with E-state index in [1.54, 1.807) is 0 Å². The van der Waals surface area contributed by atoms with Crippen molar-refractivity contribution < 1.29 is 9.53 Å². The summed E-state index contributed by atoms with van der Waals surface area (Å²) in [5.74, 6) is 0.429. The van der Waals surface area contributed by atoms with Gasteiger partial charge in [0.1, 0.15) is 6.29 Å². The molecule has 1 fully saturated rings. The molecule has 80 valence electrons. The molecule has 15 heavy (non-hydrogen) atoms. The molecule has 0 aromatic heterocycles. The molecular weight excluding hydrogens is 188 g/mol. The molecule has 2 nitrogen and oxygen atoms in total. The third-order valence-electron chi connectivity index (χ3n) is 3.16. The molecule has 0 unspecified atom stereocenters. The fourth-order valence-corrected chi connectivity index (χ4v) is 1.76. The third-order valence-corrected chi connectivity index (χ3v) is 3.16. The van der Waals surface area contributed by atoms with Crippen LogP contribution >= 0.6 is 0 Å². The molecule has 2 rings (SSSR count). The summed E-state index contributed by atoms with van der Waals surface area (Å²) in [6, 6.07) is 10.1. The molecule has 1 aromatic rings. The van der Waals surface area contributed by atoms with Crippen LogP contribution in [0.2, 0.25) is 0 Å². The van der Waals surface area contributed by atoms with E-state index in [1.807, 2.05) is 37.3 Å². The first-order valence-corrected chi connectivity index (χ1v) is 5.32. The highest BCUT2D eigenvalue weighted by Crippen LogP contribution is 2.50. The Bertz CT molecular complexity index is 334. The Balaban J connectivity index is 1.71. The lowest BCUT2D eigenvalue weighted by Gasteiger charge is -2.04. The van der Waals surface area contributed by atoms with Crippen molar-refractivity contribution in [1.82, 2.24) is 0 Å². The van der Waals surface area contributed by atoms with Gasteiger partial charge in [-0.2, -0.15) is 0 Å². The Morgan fingerprint density at radius 2 is 2.20 bits per heavy atom. The van der Waals surface area contributed by atoms with Gasteiger partial charge in [-0.1, -0.05) is 37.3 Å². The van der Waals surface area contributed by atoms with Crippen molar-refractivity contribution in [1.29, 1.82) is 0 Å². The van der Waals surface area contributed by atoms with Crippen LogP contribution in [-0.4, -0.2) is 12.9 Å². The van der Waals surface area contributed by atoms with Crippen molar-refractivity contribution in [2.24, 2.45) is 11.3 Å². The van der Waals surface area contributed by atoms with E-state index >= 15 is 0 Å². The van der Waals surface area contributed by atoms with Crippen LogP contribution in [0.5, 0.6) is 0 Å². The number of hydrogen-bond donors (Lipinski definition) is 0. The lowest BCUT2D eigenvalue weighted by atomic mass is 10.1. The smallest absolute Gasteiger partial charge is 0.126 e. The van der Waals surface area contributed by atoms with Crippen LogP contribution in [0.3, 0.4) is 0 Å². The van der Waals surface area contributed by atoms with Gasteiger partial charge < -0.3 is 9.53 Å². The second kappa shape index (κ2) is 4.15. The van der Waals surface area contributed by atoms with Gasteiger partial charge in [-0.15, -0.1) is 0 Å². The largest absolute Gasteiger partial charge is 0.376 e. The molecule has 0 aliphatic heterocycles. The molecule has 2 atom stereocenters. The number of carbonyl (C=O) groups is 1. The van der Waals surface area contributed by atoms with Crippen LogP contribution in [0.4, 0.5) is 0 Å². The Kier molecular flexibility index (Phi) is 2.87. The van der Waals surface area contributed by atoms with E-state index < -0.39 is 0 Å². The number of hydrogen-bond acceptors (Lipinski definition) is 2. The van der Waals surface area contributed by atoms with E-state index in [1.165, 1.54) is 5.56 Å². The van der Waals surface area contributed by atoms with Crippen molar-refractivity contribution in [3.8, 4) is 0 Å². The second-order valence-electron chi connectivity index (χ2n) is 4.53.